The third kappa shape index (κ3) is 3.27. The Bertz CT molecular complexity index is 895. The maximum atomic E-state index is 9.33. The van der Waals surface area contributed by atoms with E-state index in [4.69, 9.17) is 4.74 Å². The Balaban J connectivity index is 1.86. The molecule has 0 amide bonds. The maximum Gasteiger partial charge on any atom is 0.186 e. The van der Waals surface area contributed by atoms with E-state index in [1.165, 1.54) is 0 Å². The Morgan fingerprint density at radius 3 is 2.61 bits per heavy atom. The van der Waals surface area contributed by atoms with Gasteiger partial charge in [-0.2, -0.15) is 10.4 Å². The molecular formula is C18H14N4O. The van der Waals surface area contributed by atoms with Gasteiger partial charge in [0, 0.05) is 5.39 Å². The number of aromatic nitrogens is 1. The molecule has 2 aromatic carbocycles. The van der Waals surface area contributed by atoms with Gasteiger partial charge in [0.1, 0.15) is 17.5 Å². The molecule has 0 radical (unpaired) electrons. The fourth-order valence-corrected chi connectivity index (χ4v) is 2.12. The molecule has 0 spiro atoms. The highest BCUT2D eigenvalue weighted by Crippen LogP contribution is 2.16. The van der Waals surface area contributed by atoms with E-state index in [1.807, 2.05) is 54.6 Å². The van der Waals surface area contributed by atoms with Crippen molar-refractivity contribution >= 4 is 22.3 Å². The lowest BCUT2D eigenvalue weighted by Gasteiger charge is -2.04. The van der Waals surface area contributed by atoms with Crippen LogP contribution in [0, 0.1) is 11.3 Å². The third-order valence-electron chi connectivity index (χ3n) is 3.33. The number of nitrogens with one attached hydrogen (secondary N) is 1. The number of rotatable bonds is 4. The number of hydrogen-bond donors (Lipinski definition) is 1. The first-order valence-corrected chi connectivity index (χ1v) is 7.04. The molecule has 0 aliphatic heterocycles. The summed E-state index contributed by atoms with van der Waals surface area (Å²) in [5.74, 6) is 0.760. The molecule has 5 heteroatoms. The molecule has 3 rings (SSSR count). The van der Waals surface area contributed by atoms with Gasteiger partial charge in [-0.25, -0.2) is 4.98 Å². The number of anilines is 1. The maximum absolute atomic E-state index is 9.33. The van der Waals surface area contributed by atoms with Crippen molar-refractivity contribution in [2.45, 2.75) is 0 Å². The van der Waals surface area contributed by atoms with Crippen LogP contribution in [0.2, 0.25) is 0 Å². The standard InChI is InChI=1S/C18H14N4O/c1-23-15-9-7-14(8-10-15)21-22-18(12-19)17-11-6-13-4-2-3-5-16(13)20-17/h2-11,21H,1H3/b22-18-. The normalized spacial score (nSPS) is 11.0. The van der Waals surface area contributed by atoms with Crippen LogP contribution in [0.4, 0.5) is 5.69 Å². The molecule has 1 aromatic heterocycles. The van der Waals surface area contributed by atoms with Gasteiger partial charge in [-0.3, -0.25) is 5.43 Å². The highest BCUT2D eigenvalue weighted by Gasteiger charge is 2.06. The van der Waals surface area contributed by atoms with Crippen LogP contribution in [-0.2, 0) is 0 Å². The van der Waals surface area contributed by atoms with Crippen LogP contribution in [0.5, 0.6) is 5.75 Å². The lowest BCUT2D eigenvalue weighted by molar-refractivity contribution is 0.415. The van der Waals surface area contributed by atoms with E-state index in [1.54, 1.807) is 13.2 Å². The van der Waals surface area contributed by atoms with Gasteiger partial charge < -0.3 is 4.74 Å². The second-order valence-corrected chi connectivity index (χ2v) is 4.80. The summed E-state index contributed by atoms with van der Waals surface area (Å²) < 4.78 is 5.10. The Labute approximate surface area is 133 Å². The summed E-state index contributed by atoms with van der Waals surface area (Å²) in [5, 5.41) is 14.5. The zero-order valence-corrected chi connectivity index (χ0v) is 12.5. The first-order chi connectivity index (χ1) is 11.3. The topological polar surface area (TPSA) is 70.3 Å². The van der Waals surface area contributed by atoms with Crippen LogP contribution in [-0.4, -0.2) is 17.8 Å². The van der Waals surface area contributed by atoms with E-state index >= 15 is 0 Å². The summed E-state index contributed by atoms with van der Waals surface area (Å²) in [7, 11) is 1.61. The SMILES string of the molecule is COc1ccc(N/N=C(/C#N)c2ccc3ccccc3n2)cc1. The number of para-hydroxylation sites is 1. The fourth-order valence-electron chi connectivity index (χ4n) is 2.12. The molecule has 0 saturated carbocycles. The van der Waals surface area contributed by atoms with E-state index in [9.17, 15) is 5.26 Å². The van der Waals surface area contributed by atoms with E-state index in [2.05, 4.69) is 21.6 Å². The lowest BCUT2D eigenvalue weighted by atomic mass is 10.2. The number of methoxy groups -OCH3 is 1. The lowest BCUT2D eigenvalue weighted by Crippen LogP contribution is -2.04. The largest absolute Gasteiger partial charge is 0.497 e. The van der Waals surface area contributed by atoms with Gasteiger partial charge in [-0.05, 0) is 36.4 Å². The predicted molar refractivity (Wildman–Crippen MR) is 90.5 cm³/mol. The van der Waals surface area contributed by atoms with Crippen LogP contribution in [0.3, 0.4) is 0 Å². The summed E-state index contributed by atoms with van der Waals surface area (Å²) >= 11 is 0. The summed E-state index contributed by atoms with van der Waals surface area (Å²) in [4.78, 5) is 4.47. The number of benzene rings is 2. The third-order valence-corrected chi connectivity index (χ3v) is 3.33. The van der Waals surface area contributed by atoms with Crippen LogP contribution in [0.15, 0.2) is 65.8 Å². The van der Waals surface area contributed by atoms with Gasteiger partial charge in [-0.15, -0.1) is 0 Å². The molecule has 1 N–H and O–H groups in total. The predicted octanol–water partition coefficient (Wildman–Crippen LogP) is 3.58. The van der Waals surface area contributed by atoms with Crippen LogP contribution >= 0.6 is 0 Å². The highest BCUT2D eigenvalue weighted by molar-refractivity contribution is 6.11. The Hall–Kier alpha value is -3.39. The first kappa shape index (κ1) is 14.5. The number of hydrogen-bond acceptors (Lipinski definition) is 5. The molecule has 0 atom stereocenters. The minimum absolute atomic E-state index is 0.228. The molecule has 23 heavy (non-hydrogen) atoms. The Morgan fingerprint density at radius 2 is 1.87 bits per heavy atom. The molecule has 0 aliphatic carbocycles. The van der Waals surface area contributed by atoms with Crippen molar-refractivity contribution in [3.8, 4) is 11.8 Å². The number of fused-ring (bicyclic) bond motifs is 1. The Kier molecular flexibility index (Phi) is 4.16. The van der Waals surface area contributed by atoms with E-state index < -0.39 is 0 Å². The number of pyridine rings is 1. The molecule has 1 heterocycles. The van der Waals surface area contributed by atoms with Crippen molar-refractivity contribution in [2.24, 2.45) is 5.10 Å². The van der Waals surface area contributed by atoms with Gasteiger partial charge >= 0.3 is 0 Å². The van der Waals surface area contributed by atoms with Gasteiger partial charge in [0.25, 0.3) is 0 Å². The minimum Gasteiger partial charge on any atom is -0.497 e. The van der Waals surface area contributed by atoms with Crippen molar-refractivity contribution in [2.75, 3.05) is 12.5 Å². The van der Waals surface area contributed by atoms with Gasteiger partial charge in [0.05, 0.1) is 18.3 Å². The first-order valence-electron chi connectivity index (χ1n) is 7.04. The Morgan fingerprint density at radius 1 is 1.09 bits per heavy atom. The second-order valence-electron chi connectivity index (χ2n) is 4.80. The quantitative estimate of drug-likeness (QED) is 0.590. The molecule has 0 fully saturated rings. The van der Waals surface area contributed by atoms with E-state index in [-0.39, 0.29) is 5.71 Å². The van der Waals surface area contributed by atoms with Crippen molar-refractivity contribution in [3.63, 3.8) is 0 Å². The van der Waals surface area contributed by atoms with Gasteiger partial charge in [-0.1, -0.05) is 24.3 Å². The molecule has 5 nitrogen and oxygen atoms in total. The van der Waals surface area contributed by atoms with Crippen molar-refractivity contribution in [1.29, 1.82) is 5.26 Å². The van der Waals surface area contributed by atoms with Gasteiger partial charge in [0.2, 0.25) is 0 Å². The number of ether oxygens (including phenoxy) is 1. The zero-order chi connectivity index (χ0) is 16.1. The smallest absolute Gasteiger partial charge is 0.186 e. The zero-order valence-electron chi connectivity index (χ0n) is 12.5. The molecule has 3 aromatic rings. The summed E-state index contributed by atoms with van der Waals surface area (Å²) in [5.41, 5.74) is 5.22. The summed E-state index contributed by atoms with van der Waals surface area (Å²) in [6.45, 7) is 0. The van der Waals surface area contributed by atoms with Crippen molar-refractivity contribution in [1.82, 2.24) is 4.98 Å². The van der Waals surface area contributed by atoms with Crippen molar-refractivity contribution in [3.05, 3.63) is 66.4 Å². The summed E-state index contributed by atoms with van der Waals surface area (Å²) in [6.07, 6.45) is 0. The molecule has 0 unspecified atom stereocenters. The summed E-state index contributed by atoms with van der Waals surface area (Å²) in [6, 6.07) is 20.8. The molecule has 0 bridgehead atoms. The average molecular weight is 302 g/mol. The molecular weight excluding hydrogens is 288 g/mol. The number of nitriles is 1. The van der Waals surface area contributed by atoms with E-state index in [0.29, 0.717) is 5.69 Å². The van der Waals surface area contributed by atoms with Crippen molar-refractivity contribution < 1.29 is 4.74 Å². The molecule has 0 saturated heterocycles. The van der Waals surface area contributed by atoms with Crippen LogP contribution in [0.1, 0.15) is 5.69 Å². The van der Waals surface area contributed by atoms with E-state index in [0.717, 1.165) is 22.3 Å². The minimum atomic E-state index is 0.228. The molecule has 0 aliphatic rings. The number of nitrogens with zero attached hydrogens (tertiary/aromatic N) is 3. The van der Waals surface area contributed by atoms with Crippen LogP contribution < -0.4 is 10.2 Å². The van der Waals surface area contributed by atoms with Crippen LogP contribution in [0.25, 0.3) is 10.9 Å². The molecule has 112 valence electrons. The fraction of sp³-hybridized carbons (Fsp3) is 0.0556. The second kappa shape index (κ2) is 6.58. The average Bonchev–Trinajstić information content (AvgIpc) is 2.62. The highest BCUT2D eigenvalue weighted by atomic mass is 16.5. The monoisotopic (exact) mass is 302 g/mol. The number of hydrazone groups is 1. The van der Waals surface area contributed by atoms with Gasteiger partial charge in [0.15, 0.2) is 5.71 Å².